The summed E-state index contributed by atoms with van der Waals surface area (Å²) >= 11 is 0. The molecule has 18 heavy (non-hydrogen) atoms. The van der Waals surface area contributed by atoms with Crippen LogP contribution in [0.25, 0.3) is 0 Å². The maximum absolute atomic E-state index is 12.7. The molecule has 0 unspecified atom stereocenters. The van der Waals surface area contributed by atoms with E-state index >= 15 is 0 Å². The fourth-order valence-electron chi connectivity index (χ4n) is 3.50. The molecule has 0 bridgehead atoms. The molecule has 2 aliphatic rings. The minimum atomic E-state index is -0.704. The molecule has 0 aromatic heterocycles. The Hall–Kier alpha value is -1.04. The van der Waals surface area contributed by atoms with Crippen molar-refractivity contribution in [2.75, 3.05) is 7.05 Å². The summed E-state index contributed by atoms with van der Waals surface area (Å²) < 4.78 is 0. The second kappa shape index (κ2) is 5.73. The molecule has 0 N–H and O–H groups in total. The summed E-state index contributed by atoms with van der Waals surface area (Å²) in [4.78, 5) is 14.6. The number of carbonyl (C=O) groups is 1. The lowest BCUT2D eigenvalue weighted by Gasteiger charge is -2.38. The highest BCUT2D eigenvalue weighted by molar-refractivity contribution is 5.85. The molecule has 3 nitrogen and oxygen atoms in total. The smallest absolute Gasteiger partial charge is 0.243 e. The molecule has 2 rings (SSSR count). The minimum absolute atomic E-state index is 0.0941. The largest absolute Gasteiger partial charge is 0.341 e. The lowest BCUT2D eigenvalue weighted by atomic mass is 9.74. The Bertz CT molecular complexity index is 333. The number of rotatable bonds is 2. The van der Waals surface area contributed by atoms with Gasteiger partial charge in [0.15, 0.2) is 0 Å². The van der Waals surface area contributed by atoms with Crippen molar-refractivity contribution in [3.63, 3.8) is 0 Å². The standard InChI is InChI=1S/C15H24N2O/c1-17(13-8-4-2-5-9-13)14(18)15(12-16)10-6-3-7-11-15/h13H,2-11H2,1H3. The highest BCUT2D eigenvalue weighted by Gasteiger charge is 2.43. The van der Waals surface area contributed by atoms with Crippen LogP contribution in [0.1, 0.15) is 64.2 Å². The molecule has 2 saturated carbocycles. The molecule has 0 atom stereocenters. The minimum Gasteiger partial charge on any atom is -0.341 e. The molecule has 2 aliphatic carbocycles. The maximum Gasteiger partial charge on any atom is 0.243 e. The highest BCUT2D eigenvalue weighted by atomic mass is 16.2. The fraction of sp³-hybridized carbons (Fsp3) is 0.867. The van der Waals surface area contributed by atoms with Crippen LogP contribution >= 0.6 is 0 Å². The Labute approximate surface area is 110 Å². The van der Waals surface area contributed by atoms with E-state index in [2.05, 4.69) is 6.07 Å². The zero-order chi connectivity index (χ0) is 13.0. The van der Waals surface area contributed by atoms with Crippen LogP contribution in [0.5, 0.6) is 0 Å². The first-order valence-corrected chi connectivity index (χ1v) is 7.38. The van der Waals surface area contributed by atoms with Gasteiger partial charge in [0.2, 0.25) is 5.91 Å². The molecule has 0 aromatic carbocycles. The van der Waals surface area contributed by atoms with Crippen molar-refractivity contribution in [2.24, 2.45) is 5.41 Å². The molecule has 0 radical (unpaired) electrons. The van der Waals surface area contributed by atoms with Gasteiger partial charge in [0.05, 0.1) is 6.07 Å². The van der Waals surface area contributed by atoms with Gasteiger partial charge >= 0.3 is 0 Å². The Balaban J connectivity index is 2.06. The Morgan fingerprint density at radius 2 is 1.67 bits per heavy atom. The van der Waals surface area contributed by atoms with Crippen LogP contribution in [0.4, 0.5) is 0 Å². The van der Waals surface area contributed by atoms with Gasteiger partial charge in [-0.1, -0.05) is 38.5 Å². The van der Waals surface area contributed by atoms with Crippen LogP contribution < -0.4 is 0 Å². The second-order valence-corrected chi connectivity index (χ2v) is 5.96. The molecule has 1 amide bonds. The van der Waals surface area contributed by atoms with E-state index in [9.17, 15) is 10.1 Å². The summed E-state index contributed by atoms with van der Waals surface area (Å²) in [5, 5.41) is 9.46. The van der Waals surface area contributed by atoms with Gasteiger partial charge in [-0.05, 0) is 25.7 Å². The summed E-state index contributed by atoms with van der Waals surface area (Å²) in [7, 11) is 1.91. The van der Waals surface area contributed by atoms with E-state index in [1.54, 1.807) is 0 Å². The predicted molar refractivity (Wildman–Crippen MR) is 70.8 cm³/mol. The van der Waals surface area contributed by atoms with Crippen molar-refractivity contribution in [3.8, 4) is 6.07 Å². The van der Waals surface area contributed by atoms with E-state index < -0.39 is 5.41 Å². The fourth-order valence-corrected chi connectivity index (χ4v) is 3.50. The molecule has 0 aromatic rings. The van der Waals surface area contributed by atoms with E-state index in [0.29, 0.717) is 6.04 Å². The van der Waals surface area contributed by atoms with E-state index in [1.807, 2.05) is 11.9 Å². The lowest BCUT2D eigenvalue weighted by Crippen LogP contribution is -2.47. The number of amides is 1. The summed E-state index contributed by atoms with van der Waals surface area (Å²) in [6.07, 6.45) is 10.7. The van der Waals surface area contributed by atoms with E-state index in [-0.39, 0.29) is 5.91 Å². The number of hydrogen-bond donors (Lipinski definition) is 0. The van der Waals surface area contributed by atoms with Crippen molar-refractivity contribution in [1.29, 1.82) is 5.26 Å². The topological polar surface area (TPSA) is 44.1 Å². The van der Waals surface area contributed by atoms with E-state index in [4.69, 9.17) is 0 Å². The first-order valence-electron chi connectivity index (χ1n) is 7.38. The SMILES string of the molecule is CN(C(=O)C1(C#N)CCCCC1)C1CCCCC1. The average Bonchev–Trinajstić information content (AvgIpc) is 2.47. The van der Waals surface area contributed by atoms with Crippen molar-refractivity contribution >= 4 is 5.91 Å². The van der Waals surface area contributed by atoms with Crippen LogP contribution in [-0.4, -0.2) is 23.9 Å². The third-order valence-electron chi connectivity index (χ3n) is 4.77. The summed E-state index contributed by atoms with van der Waals surface area (Å²) in [5.74, 6) is 0.0941. The van der Waals surface area contributed by atoms with Crippen LogP contribution in [-0.2, 0) is 4.79 Å². The molecule has 3 heteroatoms. The number of hydrogen-bond acceptors (Lipinski definition) is 2. The first-order chi connectivity index (χ1) is 8.69. The van der Waals surface area contributed by atoms with E-state index in [1.165, 1.54) is 25.7 Å². The van der Waals surface area contributed by atoms with Crippen molar-refractivity contribution in [1.82, 2.24) is 4.90 Å². The number of nitrogens with zero attached hydrogens (tertiary/aromatic N) is 2. The van der Waals surface area contributed by atoms with Gasteiger partial charge in [0.1, 0.15) is 5.41 Å². The van der Waals surface area contributed by atoms with Gasteiger partial charge < -0.3 is 4.90 Å². The number of nitriles is 1. The molecule has 0 spiro atoms. The maximum atomic E-state index is 12.7. The molecule has 0 aliphatic heterocycles. The normalized spacial score (nSPS) is 24.2. The Kier molecular flexibility index (Phi) is 4.27. The monoisotopic (exact) mass is 248 g/mol. The predicted octanol–water partition coefficient (Wildman–Crippen LogP) is 3.25. The van der Waals surface area contributed by atoms with Crippen LogP contribution in [0.2, 0.25) is 0 Å². The summed E-state index contributed by atoms with van der Waals surface area (Å²) in [6.45, 7) is 0. The second-order valence-electron chi connectivity index (χ2n) is 5.96. The van der Waals surface area contributed by atoms with Crippen molar-refractivity contribution < 1.29 is 4.79 Å². The first kappa shape index (κ1) is 13.4. The molecule has 0 heterocycles. The zero-order valence-corrected chi connectivity index (χ0v) is 11.5. The third kappa shape index (κ3) is 2.53. The van der Waals surface area contributed by atoms with Gasteiger partial charge in [-0.15, -0.1) is 0 Å². The third-order valence-corrected chi connectivity index (χ3v) is 4.77. The molecule has 0 saturated heterocycles. The van der Waals surface area contributed by atoms with Gasteiger partial charge in [0, 0.05) is 13.1 Å². The molecule has 2 fully saturated rings. The Morgan fingerprint density at radius 1 is 1.11 bits per heavy atom. The molecular formula is C15H24N2O. The van der Waals surface area contributed by atoms with Gasteiger partial charge in [-0.2, -0.15) is 5.26 Å². The van der Waals surface area contributed by atoms with Crippen LogP contribution in [0, 0.1) is 16.7 Å². The van der Waals surface area contributed by atoms with Crippen LogP contribution in [0.15, 0.2) is 0 Å². The van der Waals surface area contributed by atoms with Crippen molar-refractivity contribution in [3.05, 3.63) is 0 Å². The molecule has 100 valence electrons. The van der Waals surface area contributed by atoms with Crippen LogP contribution in [0.3, 0.4) is 0 Å². The molecular weight excluding hydrogens is 224 g/mol. The van der Waals surface area contributed by atoms with Gasteiger partial charge in [-0.3, -0.25) is 4.79 Å². The van der Waals surface area contributed by atoms with E-state index in [0.717, 1.165) is 38.5 Å². The summed E-state index contributed by atoms with van der Waals surface area (Å²) in [5.41, 5.74) is -0.704. The Morgan fingerprint density at radius 3 is 2.22 bits per heavy atom. The average molecular weight is 248 g/mol. The van der Waals surface area contributed by atoms with Gasteiger partial charge in [-0.25, -0.2) is 0 Å². The summed E-state index contributed by atoms with van der Waals surface area (Å²) in [6, 6.07) is 2.72. The van der Waals surface area contributed by atoms with Crippen molar-refractivity contribution in [2.45, 2.75) is 70.3 Å². The number of carbonyl (C=O) groups excluding carboxylic acids is 1. The van der Waals surface area contributed by atoms with Gasteiger partial charge in [0.25, 0.3) is 0 Å². The zero-order valence-electron chi connectivity index (χ0n) is 11.5. The lowest BCUT2D eigenvalue weighted by molar-refractivity contribution is -0.142. The highest BCUT2D eigenvalue weighted by Crippen LogP contribution is 2.38. The quantitative estimate of drug-likeness (QED) is 0.753.